The predicted molar refractivity (Wildman–Crippen MR) is 76.4 cm³/mol. The normalized spacial score (nSPS) is 23.2. The number of rotatable bonds is 3. The zero-order chi connectivity index (χ0) is 13.4. The molecule has 0 amide bonds. The number of nitrogens with one attached hydrogen (secondary N) is 2. The van der Waals surface area contributed by atoms with Crippen LogP contribution in [0.1, 0.15) is 27.2 Å². The Kier molecular flexibility index (Phi) is 3.00. The Morgan fingerprint density at radius 3 is 2.95 bits per heavy atom. The average molecular weight is 260 g/mol. The molecule has 1 aliphatic rings. The van der Waals surface area contributed by atoms with Crippen molar-refractivity contribution in [2.24, 2.45) is 5.92 Å². The molecule has 0 aromatic carbocycles. The fourth-order valence-corrected chi connectivity index (χ4v) is 2.86. The molecule has 2 atom stereocenters. The lowest BCUT2D eigenvalue weighted by Crippen LogP contribution is -2.28. The van der Waals surface area contributed by atoms with Crippen molar-refractivity contribution in [1.82, 2.24) is 19.9 Å². The van der Waals surface area contributed by atoms with E-state index >= 15 is 0 Å². The summed E-state index contributed by atoms with van der Waals surface area (Å²) in [6.45, 7) is 8.42. The first-order valence-electron chi connectivity index (χ1n) is 6.90. The van der Waals surface area contributed by atoms with Crippen molar-refractivity contribution in [3.63, 3.8) is 0 Å². The first kappa shape index (κ1) is 12.2. The topological polar surface area (TPSA) is 69.7 Å². The summed E-state index contributed by atoms with van der Waals surface area (Å²) in [6, 6.07) is 0.505. The highest BCUT2D eigenvalue weighted by atomic mass is 15.3. The maximum absolute atomic E-state index is 4.66. The van der Waals surface area contributed by atoms with Gasteiger partial charge in [-0.2, -0.15) is 9.97 Å². The average Bonchev–Trinajstić information content (AvgIpc) is 2.95. The first-order chi connectivity index (χ1) is 9.19. The van der Waals surface area contributed by atoms with Gasteiger partial charge in [-0.05, 0) is 26.2 Å². The molecule has 2 unspecified atom stereocenters. The van der Waals surface area contributed by atoms with Gasteiger partial charge in [0.25, 0.3) is 0 Å². The van der Waals surface area contributed by atoms with Gasteiger partial charge in [-0.1, -0.05) is 6.92 Å². The highest BCUT2D eigenvalue weighted by molar-refractivity contribution is 5.84. The molecular weight excluding hydrogens is 240 g/mol. The minimum Gasteiger partial charge on any atom is -0.354 e. The van der Waals surface area contributed by atoms with E-state index < -0.39 is 0 Å². The van der Waals surface area contributed by atoms with E-state index in [9.17, 15) is 0 Å². The van der Waals surface area contributed by atoms with Crippen LogP contribution >= 0.6 is 0 Å². The van der Waals surface area contributed by atoms with Crippen molar-refractivity contribution in [3.05, 3.63) is 6.33 Å². The van der Waals surface area contributed by atoms with Gasteiger partial charge in [-0.3, -0.25) is 0 Å². The summed E-state index contributed by atoms with van der Waals surface area (Å²) in [4.78, 5) is 18.9. The number of imidazole rings is 1. The van der Waals surface area contributed by atoms with Gasteiger partial charge in [0.2, 0.25) is 5.95 Å². The van der Waals surface area contributed by atoms with E-state index in [1.54, 1.807) is 6.33 Å². The Labute approximate surface area is 112 Å². The second-order valence-corrected chi connectivity index (χ2v) is 5.34. The third-order valence-electron chi connectivity index (χ3n) is 3.66. The second kappa shape index (κ2) is 4.68. The molecule has 2 aromatic heterocycles. The fraction of sp³-hybridized carbons (Fsp3) is 0.615. The van der Waals surface area contributed by atoms with Crippen molar-refractivity contribution >= 4 is 22.9 Å². The Hall–Kier alpha value is -1.85. The lowest BCUT2D eigenvalue weighted by Gasteiger charge is -2.23. The molecule has 0 saturated carbocycles. The second-order valence-electron chi connectivity index (χ2n) is 5.34. The Balaban J connectivity index is 2.07. The van der Waals surface area contributed by atoms with Gasteiger partial charge in [0, 0.05) is 19.1 Å². The molecule has 1 fully saturated rings. The van der Waals surface area contributed by atoms with Gasteiger partial charge in [0.15, 0.2) is 11.5 Å². The molecule has 0 aliphatic carbocycles. The molecule has 2 N–H and O–H groups in total. The molecule has 102 valence electrons. The van der Waals surface area contributed by atoms with E-state index in [4.69, 9.17) is 0 Å². The largest absolute Gasteiger partial charge is 0.354 e. The quantitative estimate of drug-likeness (QED) is 0.883. The van der Waals surface area contributed by atoms with E-state index in [1.165, 1.54) is 6.42 Å². The summed E-state index contributed by atoms with van der Waals surface area (Å²) in [6.07, 6.45) is 2.89. The van der Waals surface area contributed by atoms with Crippen LogP contribution in [-0.2, 0) is 0 Å². The molecule has 1 saturated heterocycles. The van der Waals surface area contributed by atoms with Gasteiger partial charge in [-0.15, -0.1) is 0 Å². The first-order valence-corrected chi connectivity index (χ1v) is 6.90. The molecule has 0 radical (unpaired) electrons. The van der Waals surface area contributed by atoms with Gasteiger partial charge in [0.1, 0.15) is 5.52 Å². The zero-order valence-corrected chi connectivity index (χ0v) is 11.6. The Morgan fingerprint density at radius 2 is 2.26 bits per heavy atom. The number of fused-ring (bicyclic) bond motifs is 1. The van der Waals surface area contributed by atoms with Crippen LogP contribution in [0.2, 0.25) is 0 Å². The zero-order valence-electron chi connectivity index (χ0n) is 11.6. The summed E-state index contributed by atoms with van der Waals surface area (Å²) in [5.41, 5.74) is 1.66. The van der Waals surface area contributed by atoms with Crippen LogP contribution in [0.4, 0.5) is 11.8 Å². The minimum atomic E-state index is 0.505. The molecular formula is C13H20N6. The predicted octanol–water partition coefficient (Wildman–Crippen LogP) is 2.02. The molecule has 1 aliphatic heterocycles. The van der Waals surface area contributed by atoms with E-state index in [1.807, 2.05) is 6.92 Å². The number of anilines is 2. The monoisotopic (exact) mass is 260 g/mol. The lowest BCUT2D eigenvalue weighted by atomic mass is 10.1. The summed E-state index contributed by atoms with van der Waals surface area (Å²) in [7, 11) is 0. The minimum absolute atomic E-state index is 0.505. The molecule has 0 bridgehead atoms. The van der Waals surface area contributed by atoms with Crippen molar-refractivity contribution in [2.75, 3.05) is 23.3 Å². The van der Waals surface area contributed by atoms with Gasteiger partial charge < -0.3 is 15.2 Å². The van der Waals surface area contributed by atoms with E-state index in [0.29, 0.717) is 17.9 Å². The van der Waals surface area contributed by atoms with Crippen LogP contribution in [-0.4, -0.2) is 39.1 Å². The number of H-pyrrole nitrogens is 1. The van der Waals surface area contributed by atoms with Crippen LogP contribution in [0.25, 0.3) is 11.2 Å². The van der Waals surface area contributed by atoms with Crippen LogP contribution in [0.3, 0.4) is 0 Å². The van der Waals surface area contributed by atoms with Gasteiger partial charge in [0.05, 0.1) is 6.33 Å². The summed E-state index contributed by atoms with van der Waals surface area (Å²) < 4.78 is 0. The highest BCUT2D eigenvalue weighted by Gasteiger charge is 2.29. The highest BCUT2D eigenvalue weighted by Crippen LogP contribution is 2.31. The lowest BCUT2D eigenvalue weighted by molar-refractivity contribution is 0.625. The standard InChI is InChI=1S/C13H20N6/c1-4-14-13-17-11-10(15-7-16-11)12(18-13)19-6-8(2)5-9(19)3/h7-9H,4-6H2,1-3H3,(H2,14,15,16,17,18). The maximum atomic E-state index is 4.66. The van der Waals surface area contributed by atoms with E-state index in [-0.39, 0.29) is 0 Å². The fourth-order valence-electron chi connectivity index (χ4n) is 2.86. The maximum Gasteiger partial charge on any atom is 0.226 e. The van der Waals surface area contributed by atoms with Gasteiger partial charge in [-0.25, -0.2) is 4.98 Å². The number of nitrogens with zero attached hydrogens (tertiary/aromatic N) is 4. The van der Waals surface area contributed by atoms with E-state index in [0.717, 1.165) is 30.1 Å². The molecule has 6 nitrogen and oxygen atoms in total. The summed E-state index contributed by atoms with van der Waals surface area (Å²) in [5, 5.41) is 3.18. The third kappa shape index (κ3) is 2.11. The van der Waals surface area contributed by atoms with Crippen molar-refractivity contribution in [2.45, 2.75) is 33.2 Å². The van der Waals surface area contributed by atoms with Crippen LogP contribution in [0.5, 0.6) is 0 Å². The number of hydrogen-bond donors (Lipinski definition) is 2. The molecule has 2 aromatic rings. The Morgan fingerprint density at radius 1 is 1.42 bits per heavy atom. The van der Waals surface area contributed by atoms with Crippen molar-refractivity contribution in [3.8, 4) is 0 Å². The molecule has 19 heavy (non-hydrogen) atoms. The molecule has 6 heteroatoms. The smallest absolute Gasteiger partial charge is 0.226 e. The summed E-state index contributed by atoms with van der Waals surface area (Å²) in [5.74, 6) is 2.32. The molecule has 0 spiro atoms. The number of aromatic nitrogens is 4. The molecule has 3 heterocycles. The third-order valence-corrected chi connectivity index (χ3v) is 3.66. The van der Waals surface area contributed by atoms with Crippen molar-refractivity contribution < 1.29 is 0 Å². The van der Waals surface area contributed by atoms with Crippen molar-refractivity contribution in [1.29, 1.82) is 0 Å². The number of hydrogen-bond acceptors (Lipinski definition) is 5. The van der Waals surface area contributed by atoms with Crippen LogP contribution in [0, 0.1) is 5.92 Å². The van der Waals surface area contributed by atoms with Crippen LogP contribution < -0.4 is 10.2 Å². The molecule has 3 rings (SSSR count). The summed E-state index contributed by atoms with van der Waals surface area (Å²) >= 11 is 0. The van der Waals surface area contributed by atoms with Crippen LogP contribution in [0.15, 0.2) is 6.33 Å². The number of aromatic amines is 1. The van der Waals surface area contributed by atoms with E-state index in [2.05, 4.69) is 44.0 Å². The Bertz CT molecular complexity index is 578. The SMILES string of the molecule is CCNc1nc(N2CC(C)CC2C)c2[nH]cnc2n1. The van der Waals surface area contributed by atoms with Gasteiger partial charge >= 0.3 is 0 Å².